The van der Waals surface area contributed by atoms with Crippen molar-refractivity contribution in [2.24, 2.45) is 5.73 Å². The van der Waals surface area contributed by atoms with E-state index in [9.17, 15) is 0 Å². The SMILES string of the molecule is COC(OC)c1ccccc1-c1ccc(CCCN)s1. The Morgan fingerprint density at radius 2 is 1.85 bits per heavy atom. The van der Waals surface area contributed by atoms with E-state index in [0.29, 0.717) is 0 Å². The van der Waals surface area contributed by atoms with Crippen LogP contribution in [0.4, 0.5) is 0 Å². The predicted molar refractivity (Wildman–Crippen MR) is 83.9 cm³/mol. The third-order valence-electron chi connectivity index (χ3n) is 3.20. The maximum atomic E-state index is 5.57. The van der Waals surface area contributed by atoms with E-state index in [1.165, 1.54) is 15.3 Å². The molecule has 1 heterocycles. The minimum absolute atomic E-state index is 0.333. The summed E-state index contributed by atoms with van der Waals surface area (Å²) in [6.07, 6.45) is 1.74. The van der Waals surface area contributed by atoms with Crippen LogP contribution >= 0.6 is 11.3 Å². The molecule has 0 saturated heterocycles. The second kappa shape index (κ2) is 7.55. The van der Waals surface area contributed by atoms with Crippen molar-refractivity contribution in [2.75, 3.05) is 20.8 Å². The van der Waals surface area contributed by atoms with Crippen LogP contribution in [0.15, 0.2) is 36.4 Å². The molecular weight excluding hydrogens is 270 g/mol. The topological polar surface area (TPSA) is 44.5 Å². The van der Waals surface area contributed by atoms with Crippen molar-refractivity contribution in [3.05, 3.63) is 46.8 Å². The summed E-state index contributed by atoms with van der Waals surface area (Å²) in [4.78, 5) is 2.61. The Labute approximate surface area is 124 Å². The number of methoxy groups -OCH3 is 2. The molecule has 0 radical (unpaired) electrons. The van der Waals surface area contributed by atoms with Crippen molar-refractivity contribution >= 4 is 11.3 Å². The fraction of sp³-hybridized carbons (Fsp3) is 0.375. The summed E-state index contributed by atoms with van der Waals surface area (Å²) in [7, 11) is 3.32. The molecule has 20 heavy (non-hydrogen) atoms. The molecule has 0 unspecified atom stereocenters. The average Bonchev–Trinajstić information content (AvgIpc) is 2.95. The van der Waals surface area contributed by atoms with Crippen molar-refractivity contribution in [1.29, 1.82) is 0 Å². The van der Waals surface area contributed by atoms with Gasteiger partial charge in [-0.1, -0.05) is 24.3 Å². The second-order valence-electron chi connectivity index (χ2n) is 4.55. The third-order valence-corrected chi connectivity index (χ3v) is 4.38. The average molecular weight is 291 g/mol. The van der Waals surface area contributed by atoms with Crippen LogP contribution in [0.1, 0.15) is 23.2 Å². The highest BCUT2D eigenvalue weighted by Gasteiger charge is 2.15. The number of rotatable bonds is 7. The smallest absolute Gasteiger partial charge is 0.183 e. The van der Waals surface area contributed by atoms with Gasteiger partial charge in [0, 0.05) is 29.5 Å². The fourth-order valence-electron chi connectivity index (χ4n) is 2.21. The molecule has 0 aliphatic carbocycles. The molecule has 4 heteroatoms. The Bertz CT molecular complexity index is 535. The van der Waals surface area contributed by atoms with E-state index >= 15 is 0 Å². The largest absolute Gasteiger partial charge is 0.352 e. The van der Waals surface area contributed by atoms with E-state index in [2.05, 4.69) is 18.2 Å². The van der Waals surface area contributed by atoms with Crippen molar-refractivity contribution in [3.8, 4) is 10.4 Å². The Hall–Kier alpha value is -1.20. The summed E-state index contributed by atoms with van der Waals surface area (Å²) in [5, 5.41) is 0. The molecule has 0 atom stereocenters. The molecule has 2 N–H and O–H groups in total. The molecule has 0 aliphatic heterocycles. The van der Waals surface area contributed by atoms with Crippen LogP contribution in [0.3, 0.4) is 0 Å². The lowest BCUT2D eigenvalue weighted by atomic mass is 10.1. The Morgan fingerprint density at radius 3 is 2.55 bits per heavy atom. The molecule has 0 amide bonds. The molecule has 0 bridgehead atoms. The predicted octanol–water partition coefficient (Wildman–Crippen LogP) is 3.60. The molecule has 2 aromatic rings. The van der Waals surface area contributed by atoms with Crippen molar-refractivity contribution < 1.29 is 9.47 Å². The summed E-state index contributed by atoms with van der Waals surface area (Å²) >= 11 is 1.81. The Kier molecular flexibility index (Phi) is 5.73. The molecule has 1 aromatic heterocycles. The first-order chi connectivity index (χ1) is 9.80. The molecular formula is C16H21NO2S. The first kappa shape index (κ1) is 15.2. The highest BCUT2D eigenvalue weighted by Crippen LogP contribution is 2.34. The van der Waals surface area contributed by atoms with Crippen LogP contribution in [0.5, 0.6) is 0 Å². The van der Waals surface area contributed by atoms with Crippen LogP contribution in [0.2, 0.25) is 0 Å². The van der Waals surface area contributed by atoms with E-state index in [1.807, 2.05) is 29.5 Å². The van der Waals surface area contributed by atoms with Gasteiger partial charge in [-0.25, -0.2) is 0 Å². The summed E-state index contributed by atoms with van der Waals surface area (Å²) in [5.41, 5.74) is 7.80. The monoisotopic (exact) mass is 291 g/mol. The van der Waals surface area contributed by atoms with Crippen molar-refractivity contribution in [1.82, 2.24) is 0 Å². The minimum atomic E-state index is -0.333. The van der Waals surface area contributed by atoms with Gasteiger partial charge in [0.25, 0.3) is 0 Å². The number of thiophene rings is 1. The van der Waals surface area contributed by atoms with Crippen molar-refractivity contribution in [3.63, 3.8) is 0 Å². The van der Waals surface area contributed by atoms with E-state index in [0.717, 1.165) is 24.9 Å². The number of nitrogens with two attached hydrogens (primary N) is 1. The van der Waals surface area contributed by atoms with E-state index in [1.54, 1.807) is 14.2 Å². The zero-order chi connectivity index (χ0) is 14.4. The number of ether oxygens (including phenoxy) is 2. The summed E-state index contributed by atoms with van der Waals surface area (Å²) in [6.45, 7) is 0.735. The third kappa shape index (κ3) is 3.46. The number of hydrogen-bond acceptors (Lipinski definition) is 4. The van der Waals surface area contributed by atoms with Gasteiger partial charge >= 0.3 is 0 Å². The maximum absolute atomic E-state index is 5.57. The molecule has 108 valence electrons. The lowest BCUT2D eigenvalue weighted by molar-refractivity contribution is -0.105. The first-order valence-electron chi connectivity index (χ1n) is 6.73. The van der Waals surface area contributed by atoms with E-state index in [-0.39, 0.29) is 6.29 Å². The fourth-order valence-corrected chi connectivity index (χ4v) is 3.31. The lowest BCUT2D eigenvalue weighted by Gasteiger charge is -2.16. The van der Waals surface area contributed by atoms with E-state index in [4.69, 9.17) is 15.2 Å². The van der Waals surface area contributed by atoms with Gasteiger partial charge in [-0.15, -0.1) is 11.3 Å². The Balaban J connectivity index is 2.30. The van der Waals surface area contributed by atoms with Gasteiger partial charge in [0.1, 0.15) is 0 Å². The number of hydrogen-bond donors (Lipinski definition) is 1. The van der Waals surface area contributed by atoms with Gasteiger partial charge in [0.05, 0.1) is 0 Å². The van der Waals surface area contributed by atoms with Gasteiger partial charge in [0.15, 0.2) is 6.29 Å². The summed E-state index contributed by atoms with van der Waals surface area (Å²) in [5.74, 6) is 0. The van der Waals surface area contributed by atoms with Crippen LogP contribution < -0.4 is 5.73 Å². The minimum Gasteiger partial charge on any atom is -0.352 e. The number of aryl methyl sites for hydroxylation is 1. The molecule has 0 saturated carbocycles. The highest BCUT2D eigenvalue weighted by atomic mass is 32.1. The standard InChI is InChI=1S/C16H21NO2S/c1-18-16(19-2)14-8-4-3-7-13(14)15-10-9-12(20-15)6-5-11-17/h3-4,7-10,16H,5-6,11,17H2,1-2H3. The van der Waals surface area contributed by atoms with Crippen molar-refractivity contribution in [2.45, 2.75) is 19.1 Å². The second-order valence-corrected chi connectivity index (χ2v) is 5.72. The van der Waals surface area contributed by atoms with Crippen LogP contribution in [0.25, 0.3) is 10.4 Å². The quantitative estimate of drug-likeness (QED) is 0.793. The van der Waals surface area contributed by atoms with Gasteiger partial charge in [-0.3, -0.25) is 0 Å². The first-order valence-corrected chi connectivity index (χ1v) is 7.55. The van der Waals surface area contributed by atoms with Crippen LogP contribution in [-0.2, 0) is 15.9 Å². The molecule has 3 nitrogen and oxygen atoms in total. The van der Waals surface area contributed by atoms with Gasteiger partial charge < -0.3 is 15.2 Å². The molecule has 0 aliphatic rings. The molecule has 0 spiro atoms. The summed E-state index contributed by atoms with van der Waals surface area (Å²) in [6, 6.07) is 12.6. The Morgan fingerprint density at radius 1 is 1.10 bits per heavy atom. The van der Waals surface area contributed by atoms with Gasteiger partial charge in [-0.2, -0.15) is 0 Å². The zero-order valence-corrected chi connectivity index (χ0v) is 12.8. The maximum Gasteiger partial charge on any atom is 0.183 e. The molecule has 1 aromatic carbocycles. The molecule has 0 fully saturated rings. The number of benzene rings is 1. The summed E-state index contributed by atoms with van der Waals surface area (Å²) < 4.78 is 10.8. The van der Waals surface area contributed by atoms with Gasteiger partial charge in [-0.05, 0) is 37.1 Å². The zero-order valence-electron chi connectivity index (χ0n) is 12.0. The highest BCUT2D eigenvalue weighted by molar-refractivity contribution is 7.15. The van der Waals surface area contributed by atoms with Crippen LogP contribution in [0, 0.1) is 0 Å². The lowest BCUT2D eigenvalue weighted by Crippen LogP contribution is -2.04. The van der Waals surface area contributed by atoms with E-state index < -0.39 is 0 Å². The normalized spacial score (nSPS) is 11.2. The van der Waals surface area contributed by atoms with Gasteiger partial charge in [0.2, 0.25) is 0 Å². The molecule has 2 rings (SSSR count). The van der Waals surface area contributed by atoms with Crippen LogP contribution in [-0.4, -0.2) is 20.8 Å².